The molecular formula is C13H11NO. The van der Waals surface area contributed by atoms with Crippen molar-refractivity contribution in [2.75, 3.05) is 0 Å². The van der Waals surface area contributed by atoms with Crippen LogP contribution in [0.15, 0.2) is 42.5 Å². The van der Waals surface area contributed by atoms with Crippen LogP contribution in [0.4, 0.5) is 0 Å². The first-order chi connectivity index (χ1) is 7.34. The number of nitrogens with one attached hydrogen (secondary N) is 1. The Labute approximate surface area is 88.3 Å². The first-order valence-corrected chi connectivity index (χ1v) is 5.10. The summed E-state index contributed by atoms with van der Waals surface area (Å²) < 4.78 is 0. The van der Waals surface area contributed by atoms with Crippen molar-refractivity contribution in [3.8, 4) is 0 Å². The van der Waals surface area contributed by atoms with Crippen molar-refractivity contribution in [1.82, 2.24) is 5.32 Å². The van der Waals surface area contributed by atoms with Crippen molar-refractivity contribution in [2.24, 2.45) is 0 Å². The van der Waals surface area contributed by atoms with Gasteiger partial charge in [0.15, 0.2) is 0 Å². The number of fused-ring (bicyclic) bond motifs is 1. The summed E-state index contributed by atoms with van der Waals surface area (Å²) in [5.74, 6) is -0.0262. The molecule has 15 heavy (non-hydrogen) atoms. The molecule has 3 aliphatic rings. The van der Waals surface area contributed by atoms with Gasteiger partial charge in [-0.2, -0.15) is 0 Å². The normalized spacial score (nSPS) is 26.8. The summed E-state index contributed by atoms with van der Waals surface area (Å²) in [4.78, 5) is 11.8. The van der Waals surface area contributed by atoms with Gasteiger partial charge in [0.05, 0.1) is 12.0 Å². The first-order valence-electron chi connectivity index (χ1n) is 5.10. The third-order valence-electron chi connectivity index (χ3n) is 2.92. The van der Waals surface area contributed by atoms with E-state index in [2.05, 4.69) is 11.4 Å². The molecule has 4 rings (SSSR count). The Morgan fingerprint density at radius 3 is 2.80 bits per heavy atom. The van der Waals surface area contributed by atoms with Gasteiger partial charge in [-0.1, -0.05) is 48.6 Å². The van der Waals surface area contributed by atoms with E-state index in [4.69, 9.17) is 0 Å². The molecule has 1 aliphatic carbocycles. The van der Waals surface area contributed by atoms with E-state index in [1.54, 1.807) is 0 Å². The largest absolute Gasteiger partial charge is 0.346 e. The second-order valence-corrected chi connectivity index (χ2v) is 3.88. The van der Waals surface area contributed by atoms with Crippen LogP contribution in [-0.4, -0.2) is 11.9 Å². The minimum Gasteiger partial charge on any atom is -0.346 e. The van der Waals surface area contributed by atoms with Gasteiger partial charge in [0.2, 0.25) is 5.91 Å². The molecule has 0 spiro atoms. The van der Waals surface area contributed by atoms with Crippen LogP contribution in [0, 0.1) is 0 Å². The Balaban J connectivity index is 2.23. The van der Waals surface area contributed by atoms with Gasteiger partial charge in [0.1, 0.15) is 0 Å². The number of carbonyl (C=O) groups excluding carboxylic acids is 1. The molecule has 2 aliphatic heterocycles. The Kier molecular flexibility index (Phi) is 1.75. The molecule has 0 unspecified atom stereocenters. The summed E-state index contributed by atoms with van der Waals surface area (Å²) in [6.07, 6.45) is 8.13. The Hall–Kier alpha value is -1.83. The molecule has 2 atom stereocenters. The van der Waals surface area contributed by atoms with Crippen molar-refractivity contribution in [3.05, 3.63) is 53.6 Å². The van der Waals surface area contributed by atoms with Crippen molar-refractivity contribution in [3.63, 3.8) is 0 Å². The third kappa shape index (κ3) is 1.30. The predicted molar refractivity (Wildman–Crippen MR) is 59.3 cm³/mol. The average molecular weight is 197 g/mol. The lowest BCUT2D eigenvalue weighted by molar-refractivity contribution is -0.122. The monoisotopic (exact) mass is 197 g/mol. The molecule has 0 radical (unpaired) electrons. The van der Waals surface area contributed by atoms with Gasteiger partial charge in [-0.05, 0) is 11.1 Å². The second-order valence-electron chi connectivity index (χ2n) is 3.88. The maximum Gasteiger partial charge on any atom is 0.232 e. The molecule has 0 saturated heterocycles. The van der Waals surface area contributed by atoms with Gasteiger partial charge in [-0.3, -0.25) is 4.79 Å². The molecule has 0 saturated carbocycles. The predicted octanol–water partition coefficient (Wildman–Crippen LogP) is 1.85. The lowest BCUT2D eigenvalue weighted by Crippen LogP contribution is -2.39. The van der Waals surface area contributed by atoms with Crippen molar-refractivity contribution in [2.45, 2.75) is 12.0 Å². The van der Waals surface area contributed by atoms with Crippen LogP contribution in [-0.2, 0) is 4.79 Å². The SMILES string of the molecule is O=C1N[C@H]2C=Cc3ccccc3[C@H]1C=C2. The topological polar surface area (TPSA) is 29.1 Å². The summed E-state index contributed by atoms with van der Waals surface area (Å²) in [7, 11) is 0. The molecule has 2 bridgehead atoms. The van der Waals surface area contributed by atoms with Crippen molar-refractivity contribution >= 4 is 12.0 Å². The van der Waals surface area contributed by atoms with Crippen LogP contribution < -0.4 is 5.32 Å². The summed E-state index contributed by atoms with van der Waals surface area (Å²) in [6, 6.07) is 8.09. The molecule has 2 heterocycles. The summed E-state index contributed by atoms with van der Waals surface area (Å²) >= 11 is 0. The van der Waals surface area contributed by atoms with E-state index in [-0.39, 0.29) is 17.9 Å². The number of amides is 1. The summed E-state index contributed by atoms with van der Waals surface area (Å²) in [6.45, 7) is 0. The number of hydrogen-bond acceptors (Lipinski definition) is 1. The van der Waals surface area contributed by atoms with E-state index < -0.39 is 0 Å². The lowest BCUT2D eigenvalue weighted by Gasteiger charge is -2.25. The molecule has 74 valence electrons. The fraction of sp³-hybridized carbons (Fsp3) is 0.154. The quantitative estimate of drug-likeness (QED) is 0.632. The Morgan fingerprint density at radius 2 is 1.93 bits per heavy atom. The van der Waals surface area contributed by atoms with Crippen LogP contribution in [0.3, 0.4) is 0 Å². The zero-order chi connectivity index (χ0) is 10.3. The van der Waals surface area contributed by atoms with Crippen molar-refractivity contribution < 1.29 is 4.79 Å². The zero-order valence-electron chi connectivity index (χ0n) is 8.18. The van der Waals surface area contributed by atoms with Crippen LogP contribution in [0.1, 0.15) is 17.0 Å². The van der Waals surface area contributed by atoms with E-state index >= 15 is 0 Å². The van der Waals surface area contributed by atoms with E-state index in [0.717, 1.165) is 11.1 Å². The lowest BCUT2D eigenvalue weighted by atomic mass is 9.87. The number of hydrogen-bond donors (Lipinski definition) is 1. The molecule has 1 amide bonds. The van der Waals surface area contributed by atoms with E-state index in [0.29, 0.717) is 0 Å². The summed E-state index contributed by atoms with van der Waals surface area (Å²) in [5, 5.41) is 2.95. The first kappa shape index (κ1) is 8.48. The standard InChI is InChI=1S/C13H11NO/c15-13-12-8-7-10(14-13)6-5-9-3-1-2-4-11(9)12/h1-8,10,12H,(H,14,15)/t10-,12+/m0/s1. The highest BCUT2D eigenvalue weighted by Gasteiger charge is 2.26. The second kappa shape index (κ2) is 3.09. The van der Waals surface area contributed by atoms with Crippen LogP contribution >= 0.6 is 0 Å². The highest BCUT2D eigenvalue weighted by molar-refractivity contribution is 5.89. The van der Waals surface area contributed by atoms with Crippen molar-refractivity contribution in [1.29, 1.82) is 0 Å². The molecule has 1 N–H and O–H groups in total. The smallest absolute Gasteiger partial charge is 0.232 e. The van der Waals surface area contributed by atoms with E-state index in [9.17, 15) is 4.79 Å². The summed E-state index contributed by atoms with van der Waals surface area (Å²) in [5.41, 5.74) is 2.23. The van der Waals surface area contributed by atoms with Gasteiger partial charge < -0.3 is 5.32 Å². The Bertz CT molecular complexity index is 473. The molecule has 2 heteroatoms. The average Bonchev–Trinajstić information content (AvgIpc) is 2.23. The minimum absolute atomic E-state index is 0.0575. The van der Waals surface area contributed by atoms with E-state index in [1.165, 1.54) is 0 Å². The zero-order valence-corrected chi connectivity index (χ0v) is 8.18. The maximum absolute atomic E-state index is 11.8. The van der Waals surface area contributed by atoms with Gasteiger partial charge >= 0.3 is 0 Å². The van der Waals surface area contributed by atoms with Gasteiger partial charge in [0.25, 0.3) is 0 Å². The molecular weight excluding hydrogens is 186 g/mol. The van der Waals surface area contributed by atoms with Gasteiger partial charge in [0, 0.05) is 0 Å². The van der Waals surface area contributed by atoms with Gasteiger partial charge in [-0.15, -0.1) is 0 Å². The maximum atomic E-state index is 11.8. The van der Waals surface area contributed by atoms with Crippen LogP contribution in [0.2, 0.25) is 0 Å². The number of rotatable bonds is 0. The minimum atomic E-state index is -0.123. The van der Waals surface area contributed by atoms with Crippen LogP contribution in [0.5, 0.6) is 0 Å². The van der Waals surface area contributed by atoms with E-state index in [1.807, 2.05) is 42.5 Å². The molecule has 0 aromatic heterocycles. The molecule has 1 aromatic rings. The van der Waals surface area contributed by atoms with Crippen LogP contribution in [0.25, 0.3) is 6.08 Å². The van der Waals surface area contributed by atoms with Gasteiger partial charge in [-0.25, -0.2) is 0 Å². The number of carbonyl (C=O) groups is 1. The fourth-order valence-corrected chi connectivity index (χ4v) is 2.13. The fourth-order valence-electron chi connectivity index (χ4n) is 2.13. The highest BCUT2D eigenvalue weighted by atomic mass is 16.2. The molecule has 0 fully saturated rings. The highest BCUT2D eigenvalue weighted by Crippen LogP contribution is 2.27. The number of benzene rings is 1. The third-order valence-corrected chi connectivity index (χ3v) is 2.92. The molecule has 2 nitrogen and oxygen atoms in total. The Morgan fingerprint density at radius 1 is 1.07 bits per heavy atom. The molecule has 1 aromatic carbocycles.